The van der Waals surface area contributed by atoms with Gasteiger partial charge in [0.1, 0.15) is 0 Å². The summed E-state index contributed by atoms with van der Waals surface area (Å²) in [5.74, 6) is 0. The van der Waals surface area contributed by atoms with Crippen LogP contribution in [0.3, 0.4) is 0 Å². The van der Waals surface area contributed by atoms with Gasteiger partial charge in [0.25, 0.3) is 0 Å². The Kier molecular flexibility index (Phi) is 3.45. The molecule has 1 N–H and O–H groups in total. The first-order valence-electron chi connectivity index (χ1n) is 3.73. The Balaban J connectivity index is 2.46. The number of nitrogens with zero attached hydrogens (tertiary/aromatic N) is 1. The summed E-state index contributed by atoms with van der Waals surface area (Å²) in [7, 11) is 0. The van der Waals surface area contributed by atoms with E-state index in [0.29, 0.717) is 5.56 Å². The van der Waals surface area contributed by atoms with Crippen LogP contribution in [0, 0.1) is 0 Å². The van der Waals surface area contributed by atoms with Crippen molar-refractivity contribution in [1.82, 2.24) is 5.23 Å². The molecule has 0 radical (unpaired) electrons. The zero-order chi connectivity index (χ0) is 10.6. The largest absolute Gasteiger partial charge is 0.541 e. The van der Waals surface area contributed by atoms with E-state index in [0.717, 1.165) is 0 Å². The molecule has 0 aliphatic rings. The molecule has 1 aromatic carbocycles. The molecule has 0 saturated heterocycles. The van der Waals surface area contributed by atoms with Crippen molar-refractivity contribution < 1.29 is 23.2 Å². The van der Waals surface area contributed by atoms with E-state index in [2.05, 4.69) is 4.84 Å². The average molecular weight is 207 g/mol. The molecule has 1 aromatic rings. The Morgan fingerprint density at radius 3 is 2.29 bits per heavy atom. The normalized spacial score (nSPS) is 12.1. The zero-order valence-corrected chi connectivity index (χ0v) is 7.03. The molecular formula is C8H8F3NO2. The predicted molar refractivity (Wildman–Crippen MR) is 40.9 cm³/mol. The molecule has 3 nitrogen and oxygen atoms in total. The SMILES string of the molecule is ON(Cc1ccccc1)OC(F)(F)F. The molecule has 0 aliphatic carbocycles. The number of hydroxylamine groups is 2. The molecule has 0 aromatic heterocycles. The average Bonchev–Trinajstić information content (AvgIpc) is 2.02. The lowest BCUT2D eigenvalue weighted by molar-refractivity contribution is -0.489. The first-order valence-corrected chi connectivity index (χ1v) is 3.73. The van der Waals surface area contributed by atoms with E-state index in [-0.39, 0.29) is 11.8 Å². The van der Waals surface area contributed by atoms with E-state index in [1.807, 2.05) is 0 Å². The van der Waals surface area contributed by atoms with Crippen molar-refractivity contribution in [2.45, 2.75) is 12.9 Å². The fourth-order valence-corrected chi connectivity index (χ4v) is 0.891. The van der Waals surface area contributed by atoms with Gasteiger partial charge < -0.3 is 0 Å². The molecule has 0 atom stereocenters. The van der Waals surface area contributed by atoms with Crippen molar-refractivity contribution in [2.75, 3.05) is 0 Å². The Hall–Kier alpha value is -1.11. The minimum Gasteiger partial charge on any atom is -0.289 e. The van der Waals surface area contributed by atoms with Gasteiger partial charge in [0.15, 0.2) is 0 Å². The van der Waals surface area contributed by atoms with Crippen LogP contribution in [0.1, 0.15) is 5.56 Å². The minimum absolute atomic E-state index is 0.255. The Bertz CT molecular complexity index is 276. The van der Waals surface area contributed by atoms with Crippen LogP contribution >= 0.6 is 0 Å². The highest BCUT2D eigenvalue weighted by Gasteiger charge is 2.33. The summed E-state index contributed by atoms with van der Waals surface area (Å²) in [5, 5.41) is 8.47. The summed E-state index contributed by atoms with van der Waals surface area (Å²) in [6.07, 6.45) is -4.87. The lowest BCUT2D eigenvalue weighted by atomic mass is 10.2. The van der Waals surface area contributed by atoms with E-state index in [1.54, 1.807) is 30.3 Å². The second kappa shape index (κ2) is 4.41. The van der Waals surface area contributed by atoms with Gasteiger partial charge in [0.05, 0.1) is 6.54 Å². The maximum atomic E-state index is 11.6. The number of halogens is 3. The summed E-state index contributed by atoms with van der Waals surface area (Å²) in [6, 6.07) is 8.16. The topological polar surface area (TPSA) is 32.7 Å². The zero-order valence-electron chi connectivity index (χ0n) is 7.03. The maximum absolute atomic E-state index is 11.6. The van der Waals surface area contributed by atoms with Gasteiger partial charge in [0, 0.05) is 0 Å². The second-order valence-electron chi connectivity index (χ2n) is 2.53. The molecule has 78 valence electrons. The highest BCUT2D eigenvalue weighted by Crippen LogP contribution is 2.18. The van der Waals surface area contributed by atoms with Gasteiger partial charge in [-0.2, -0.15) is 4.84 Å². The summed E-state index contributed by atoms with van der Waals surface area (Å²) < 4.78 is 34.8. The number of benzene rings is 1. The third-order valence-electron chi connectivity index (χ3n) is 1.37. The Morgan fingerprint density at radius 1 is 1.21 bits per heavy atom. The third-order valence-corrected chi connectivity index (χ3v) is 1.37. The summed E-state index contributed by atoms with van der Waals surface area (Å²) >= 11 is 0. The van der Waals surface area contributed by atoms with Gasteiger partial charge in [0.2, 0.25) is 0 Å². The first-order chi connectivity index (χ1) is 6.47. The fraction of sp³-hybridized carbons (Fsp3) is 0.250. The van der Waals surface area contributed by atoms with E-state index >= 15 is 0 Å². The maximum Gasteiger partial charge on any atom is 0.541 e. The molecular weight excluding hydrogens is 199 g/mol. The minimum atomic E-state index is -4.87. The molecule has 14 heavy (non-hydrogen) atoms. The highest BCUT2D eigenvalue weighted by atomic mass is 19.4. The van der Waals surface area contributed by atoms with Gasteiger partial charge in [-0.1, -0.05) is 35.6 Å². The van der Waals surface area contributed by atoms with E-state index in [9.17, 15) is 13.2 Å². The number of hydrogen-bond donors (Lipinski definition) is 1. The quantitative estimate of drug-likeness (QED) is 0.772. The van der Waals surface area contributed by atoms with Crippen LogP contribution in [0.2, 0.25) is 0 Å². The third kappa shape index (κ3) is 4.22. The van der Waals surface area contributed by atoms with Crippen LogP contribution in [0.5, 0.6) is 0 Å². The first kappa shape index (κ1) is 11.0. The molecule has 0 spiro atoms. The lowest BCUT2D eigenvalue weighted by Gasteiger charge is -2.15. The van der Waals surface area contributed by atoms with E-state index < -0.39 is 6.36 Å². The second-order valence-corrected chi connectivity index (χ2v) is 2.53. The van der Waals surface area contributed by atoms with E-state index in [4.69, 9.17) is 5.21 Å². The molecule has 0 saturated carbocycles. The van der Waals surface area contributed by atoms with Crippen LogP contribution in [-0.2, 0) is 11.4 Å². The van der Waals surface area contributed by atoms with Crippen molar-refractivity contribution in [3.05, 3.63) is 35.9 Å². The van der Waals surface area contributed by atoms with Crippen LogP contribution in [0.4, 0.5) is 13.2 Å². The van der Waals surface area contributed by atoms with E-state index in [1.165, 1.54) is 0 Å². The summed E-state index contributed by atoms with van der Waals surface area (Å²) in [5.41, 5.74) is 0.513. The van der Waals surface area contributed by atoms with Gasteiger partial charge in [-0.05, 0) is 5.56 Å². The molecule has 1 rings (SSSR count). The number of rotatable bonds is 3. The van der Waals surface area contributed by atoms with Crippen molar-refractivity contribution in [3.8, 4) is 0 Å². The number of hydrogen-bond acceptors (Lipinski definition) is 3. The van der Waals surface area contributed by atoms with Crippen LogP contribution in [0.15, 0.2) is 30.3 Å². The monoisotopic (exact) mass is 207 g/mol. The van der Waals surface area contributed by atoms with Crippen LogP contribution < -0.4 is 0 Å². The lowest BCUT2D eigenvalue weighted by Crippen LogP contribution is -2.28. The van der Waals surface area contributed by atoms with Gasteiger partial charge in [-0.3, -0.25) is 5.21 Å². The van der Waals surface area contributed by atoms with Crippen molar-refractivity contribution in [3.63, 3.8) is 0 Å². The molecule has 0 amide bonds. The van der Waals surface area contributed by atoms with Crippen molar-refractivity contribution >= 4 is 0 Å². The van der Waals surface area contributed by atoms with Crippen molar-refractivity contribution in [1.29, 1.82) is 0 Å². The predicted octanol–water partition coefficient (Wildman–Crippen LogP) is 2.33. The molecule has 0 heterocycles. The number of alkyl halides is 3. The van der Waals surface area contributed by atoms with Gasteiger partial charge in [-0.15, -0.1) is 13.2 Å². The van der Waals surface area contributed by atoms with Crippen LogP contribution in [0.25, 0.3) is 0 Å². The van der Waals surface area contributed by atoms with Crippen LogP contribution in [-0.4, -0.2) is 16.8 Å². The molecule has 0 bridgehead atoms. The fourth-order valence-electron chi connectivity index (χ4n) is 0.891. The molecule has 0 fully saturated rings. The Labute approximate surface area is 78.2 Å². The summed E-state index contributed by atoms with van der Waals surface area (Å²) in [4.78, 5) is 3.23. The molecule has 6 heteroatoms. The van der Waals surface area contributed by atoms with Gasteiger partial charge in [-0.25, -0.2) is 0 Å². The molecule has 0 unspecified atom stereocenters. The summed E-state index contributed by atoms with van der Waals surface area (Å²) in [6.45, 7) is -0.347. The van der Waals surface area contributed by atoms with Crippen molar-refractivity contribution in [2.24, 2.45) is 0 Å². The van der Waals surface area contributed by atoms with Gasteiger partial charge >= 0.3 is 6.36 Å². The highest BCUT2D eigenvalue weighted by molar-refractivity contribution is 5.13. The smallest absolute Gasteiger partial charge is 0.289 e. The Morgan fingerprint density at radius 2 is 1.79 bits per heavy atom. The molecule has 0 aliphatic heterocycles. The standard InChI is InChI=1S/C8H8F3NO2/c9-8(10,11)14-12(13)6-7-4-2-1-3-5-7/h1-5,13H,6H2.